The van der Waals surface area contributed by atoms with Crippen LogP contribution in [0.15, 0.2) is 24.3 Å². The van der Waals surface area contributed by atoms with Crippen LogP contribution in [0.3, 0.4) is 0 Å². The Bertz CT molecular complexity index is 1080. The van der Waals surface area contributed by atoms with E-state index in [9.17, 15) is 9.59 Å². The summed E-state index contributed by atoms with van der Waals surface area (Å²) in [7, 11) is 2.19. The highest BCUT2D eigenvalue weighted by atomic mass is 35.5. The fourth-order valence-electron chi connectivity index (χ4n) is 6.08. The van der Waals surface area contributed by atoms with Crippen molar-refractivity contribution in [2.45, 2.75) is 50.7 Å². The van der Waals surface area contributed by atoms with E-state index in [1.54, 1.807) is 12.1 Å². The van der Waals surface area contributed by atoms with Gasteiger partial charge in [0, 0.05) is 61.2 Å². The summed E-state index contributed by atoms with van der Waals surface area (Å²) in [6, 6.07) is 7.92. The highest BCUT2D eigenvalue weighted by Gasteiger charge is 2.45. The van der Waals surface area contributed by atoms with Crippen molar-refractivity contribution in [2.75, 3.05) is 59.4 Å². The van der Waals surface area contributed by atoms with Gasteiger partial charge in [-0.3, -0.25) is 19.4 Å². The van der Waals surface area contributed by atoms with Gasteiger partial charge in [0.05, 0.1) is 0 Å². The van der Waals surface area contributed by atoms with Crippen molar-refractivity contribution >= 4 is 34.3 Å². The van der Waals surface area contributed by atoms with Crippen LogP contribution in [0.2, 0.25) is 5.02 Å². The smallest absolute Gasteiger partial charge is 0.269 e. The third kappa shape index (κ3) is 5.28. The fourth-order valence-corrected chi connectivity index (χ4v) is 6.26. The quantitative estimate of drug-likeness (QED) is 0.641. The van der Waals surface area contributed by atoms with Gasteiger partial charge in [-0.2, -0.15) is 0 Å². The number of carbonyl (C=O) groups is 2. The topological polar surface area (TPSA) is 74.9 Å². The number of halogens is 1. The van der Waals surface area contributed by atoms with Gasteiger partial charge < -0.3 is 20.1 Å². The second-order valence-electron chi connectivity index (χ2n) is 10.9. The van der Waals surface area contributed by atoms with Crippen LogP contribution < -0.4 is 5.32 Å². The van der Waals surface area contributed by atoms with E-state index in [0.717, 1.165) is 69.4 Å². The molecular formula is C27H39ClN6O2. The normalized spacial score (nSPS) is 23.0. The molecule has 3 aliphatic heterocycles. The summed E-state index contributed by atoms with van der Waals surface area (Å²) >= 11 is 6.13. The Labute approximate surface area is 218 Å². The zero-order valence-electron chi connectivity index (χ0n) is 21.6. The minimum Gasteiger partial charge on any atom is -0.351 e. The van der Waals surface area contributed by atoms with Gasteiger partial charge in [0.1, 0.15) is 5.69 Å². The van der Waals surface area contributed by atoms with E-state index >= 15 is 0 Å². The van der Waals surface area contributed by atoms with E-state index in [4.69, 9.17) is 11.6 Å². The monoisotopic (exact) mass is 514 g/mol. The Morgan fingerprint density at radius 1 is 0.972 bits per heavy atom. The molecule has 1 aromatic carbocycles. The number of aromatic amines is 1. The summed E-state index contributed by atoms with van der Waals surface area (Å²) in [4.78, 5) is 39.8. The van der Waals surface area contributed by atoms with Gasteiger partial charge in [-0.25, -0.2) is 0 Å². The summed E-state index contributed by atoms with van der Waals surface area (Å²) in [6.07, 6.45) is 5.62. The van der Waals surface area contributed by atoms with Crippen LogP contribution in [0.4, 0.5) is 0 Å². The number of likely N-dealkylation sites (tertiary alicyclic amines) is 2. The molecule has 36 heavy (non-hydrogen) atoms. The summed E-state index contributed by atoms with van der Waals surface area (Å²) in [5.74, 6) is -0.270. The molecule has 2 N–H and O–H groups in total. The molecule has 0 saturated carbocycles. The van der Waals surface area contributed by atoms with Gasteiger partial charge in [0.2, 0.25) is 0 Å². The lowest BCUT2D eigenvalue weighted by molar-refractivity contribution is -0.148. The molecule has 4 heterocycles. The number of benzene rings is 1. The number of carbonyl (C=O) groups excluding carboxylic acids is 2. The summed E-state index contributed by atoms with van der Waals surface area (Å²) in [5.41, 5.74) is 0.207. The van der Waals surface area contributed by atoms with Gasteiger partial charge in [0.25, 0.3) is 11.8 Å². The largest absolute Gasteiger partial charge is 0.351 e. The molecule has 3 fully saturated rings. The van der Waals surface area contributed by atoms with E-state index in [-0.39, 0.29) is 11.8 Å². The van der Waals surface area contributed by atoms with Crippen molar-refractivity contribution in [3.63, 3.8) is 0 Å². The van der Waals surface area contributed by atoms with Crippen molar-refractivity contribution in [1.29, 1.82) is 0 Å². The van der Waals surface area contributed by atoms with Crippen LogP contribution in [0, 0.1) is 0 Å². The first kappa shape index (κ1) is 25.5. The number of fused-ring (bicyclic) bond motifs is 1. The van der Waals surface area contributed by atoms with Crippen molar-refractivity contribution in [2.24, 2.45) is 0 Å². The number of piperidine rings is 2. The molecule has 1 aromatic heterocycles. The molecule has 8 nitrogen and oxygen atoms in total. The molecule has 0 unspecified atom stereocenters. The maximum atomic E-state index is 14.0. The lowest BCUT2D eigenvalue weighted by Gasteiger charge is -2.47. The second kappa shape index (κ2) is 10.7. The summed E-state index contributed by atoms with van der Waals surface area (Å²) < 4.78 is 0. The van der Waals surface area contributed by atoms with Crippen LogP contribution in [-0.2, 0) is 4.79 Å². The first-order valence-corrected chi connectivity index (χ1v) is 13.8. The Balaban J connectivity index is 1.30. The van der Waals surface area contributed by atoms with Crippen LogP contribution in [0.25, 0.3) is 10.9 Å². The van der Waals surface area contributed by atoms with Crippen LogP contribution >= 0.6 is 11.6 Å². The Morgan fingerprint density at radius 2 is 1.67 bits per heavy atom. The van der Waals surface area contributed by atoms with Crippen molar-refractivity contribution in [1.82, 2.24) is 29.9 Å². The number of nitrogens with one attached hydrogen (secondary N) is 2. The molecule has 3 saturated heterocycles. The molecule has 2 amide bonds. The number of aromatic nitrogens is 1. The van der Waals surface area contributed by atoms with E-state index in [2.05, 4.69) is 32.0 Å². The van der Waals surface area contributed by atoms with Crippen LogP contribution in [0.5, 0.6) is 0 Å². The zero-order valence-corrected chi connectivity index (χ0v) is 22.3. The minimum absolute atomic E-state index is 0.0000620. The average Bonchev–Trinajstić information content (AvgIpc) is 3.33. The van der Waals surface area contributed by atoms with Crippen molar-refractivity contribution in [3.05, 3.63) is 35.0 Å². The molecule has 0 spiro atoms. The molecule has 196 valence electrons. The Morgan fingerprint density at radius 3 is 2.36 bits per heavy atom. The fraction of sp³-hybridized carbons (Fsp3) is 0.630. The second-order valence-corrected chi connectivity index (χ2v) is 11.3. The average molecular weight is 515 g/mol. The third-order valence-corrected chi connectivity index (χ3v) is 8.63. The van der Waals surface area contributed by atoms with Gasteiger partial charge in [-0.05, 0) is 77.0 Å². The maximum Gasteiger partial charge on any atom is 0.269 e. The number of H-pyrrole nitrogens is 1. The van der Waals surface area contributed by atoms with E-state index < -0.39 is 5.66 Å². The van der Waals surface area contributed by atoms with E-state index in [0.29, 0.717) is 29.8 Å². The summed E-state index contributed by atoms with van der Waals surface area (Å²) in [5, 5.41) is 4.65. The molecule has 5 rings (SSSR count). The molecular weight excluding hydrogens is 476 g/mol. The van der Waals surface area contributed by atoms with Crippen LogP contribution in [-0.4, -0.2) is 108 Å². The molecule has 1 atom stereocenters. The summed E-state index contributed by atoms with van der Waals surface area (Å²) in [6.45, 7) is 8.98. The number of hydrogen-bond donors (Lipinski definition) is 2. The van der Waals surface area contributed by atoms with Gasteiger partial charge in [-0.15, -0.1) is 0 Å². The van der Waals surface area contributed by atoms with Crippen LogP contribution in [0.1, 0.15) is 49.5 Å². The first-order chi connectivity index (χ1) is 17.3. The predicted molar refractivity (Wildman–Crippen MR) is 143 cm³/mol. The van der Waals surface area contributed by atoms with Crippen molar-refractivity contribution < 1.29 is 9.59 Å². The lowest BCUT2D eigenvalue weighted by Crippen LogP contribution is -2.69. The molecule has 9 heteroatoms. The standard InChI is InChI=1S/C27H39ClN6O2/c1-27(34-10-4-3-5-11-34,30-25(35)24-19-20-18-21(28)6-7-23(20)29-24)26(36)33-16-14-32(15-17-33)22-8-12-31(2)13-9-22/h6-7,18-19,22,29H,3-5,8-17H2,1-2H3,(H,30,35)/t27-/m1/s1. The van der Waals surface area contributed by atoms with E-state index in [1.165, 1.54) is 12.8 Å². The van der Waals surface area contributed by atoms with Gasteiger partial charge >= 0.3 is 0 Å². The SMILES string of the molecule is CN1CCC(N2CCN(C(=O)[C@](C)(NC(=O)c3cc4cc(Cl)ccc4[nH]3)N3CCCCC3)CC2)CC1. The number of hydrogen-bond acceptors (Lipinski definition) is 5. The maximum absolute atomic E-state index is 14.0. The molecule has 3 aliphatic rings. The molecule has 2 aromatic rings. The zero-order chi connectivity index (χ0) is 25.3. The third-order valence-electron chi connectivity index (χ3n) is 8.40. The highest BCUT2D eigenvalue weighted by Crippen LogP contribution is 2.25. The Kier molecular flexibility index (Phi) is 7.58. The lowest BCUT2D eigenvalue weighted by atomic mass is 10.0. The predicted octanol–water partition coefficient (Wildman–Crippen LogP) is 2.99. The number of piperazine rings is 1. The number of rotatable bonds is 5. The van der Waals surface area contributed by atoms with Gasteiger partial charge in [-0.1, -0.05) is 18.0 Å². The highest BCUT2D eigenvalue weighted by molar-refractivity contribution is 6.31. The minimum atomic E-state index is -1.08. The van der Waals surface area contributed by atoms with Crippen molar-refractivity contribution in [3.8, 4) is 0 Å². The molecule has 0 bridgehead atoms. The number of amides is 2. The van der Waals surface area contributed by atoms with Gasteiger partial charge in [0.15, 0.2) is 5.66 Å². The molecule has 0 radical (unpaired) electrons. The Hall–Kier alpha value is -2.13. The molecule has 0 aliphatic carbocycles. The van der Waals surface area contributed by atoms with E-state index in [1.807, 2.05) is 24.0 Å². The number of nitrogens with zero attached hydrogens (tertiary/aromatic N) is 4. The first-order valence-electron chi connectivity index (χ1n) is 13.4.